The molecule has 23 heavy (non-hydrogen) atoms. The quantitative estimate of drug-likeness (QED) is 0.867. The summed E-state index contributed by atoms with van der Waals surface area (Å²) in [4.78, 5) is 0. The van der Waals surface area contributed by atoms with E-state index in [9.17, 15) is 0 Å². The molecule has 1 aliphatic rings. The lowest BCUT2D eigenvalue weighted by Crippen LogP contribution is -2.16. The number of hydrogen-bond donors (Lipinski definition) is 1. The number of hydrogen-bond acceptors (Lipinski definition) is 3. The molecule has 0 aromatic heterocycles. The number of ether oxygens (including phenoxy) is 2. The van der Waals surface area contributed by atoms with Crippen LogP contribution in [0.1, 0.15) is 25.8 Å². The number of fused-ring (bicyclic) bond motifs is 1. The Morgan fingerprint density at radius 3 is 2.35 bits per heavy atom. The zero-order valence-electron chi connectivity index (χ0n) is 13.9. The van der Waals surface area contributed by atoms with Gasteiger partial charge in [-0.15, -0.1) is 0 Å². The molecule has 3 nitrogen and oxygen atoms in total. The summed E-state index contributed by atoms with van der Waals surface area (Å²) < 4.78 is 10.8. The van der Waals surface area contributed by atoms with Crippen molar-refractivity contribution in [1.82, 2.24) is 0 Å². The third kappa shape index (κ3) is 3.67. The van der Waals surface area contributed by atoms with Gasteiger partial charge in [-0.25, -0.2) is 0 Å². The van der Waals surface area contributed by atoms with Crippen molar-refractivity contribution >= 4 is 0 Å². The Morgan fingerprint density at radius 1 is 0.957 bits per heavy atom. The van der Waals surface area contributed by atoms with Crippen molar-refractivity contribution in [3.63, 3.8) is 0 Å². The Labute approximate surface area is 138 Å². The molecule has 2 aromatic carbocycles. The van der Waals surface area contributed by atoms with Crippen molar-refractivity contribution in [2.24, 2.45) is 17.6 Å². The van der Waals surface area contributed by atoms with Crippen LogP contribution in [0.5, 0.6) is 11.5 Å². The molecule has 0 amide bonds. The Morgan fingerprint density at radius 2 is 1.65 bits per heavy atom. The first-order valence-electron chi connectivity index (χ1n) is 8.36. The van der Waals surface area contributed by atoms with Gasteiger partial charge in [0.15, 0.2) is 11.5 Å². The highest BCUT2D eigenvalue weighted by Gasteiger charge is 2.15. The molecular weight excluding hydrogens is 286 g/mol. The zero-order chi connectivity index (χ0) is 16.2. The molecule has 0 saturated heterocycles. The summed E-state index contributed by atoms with van der Waals surface area (Å²) in [5.41, 5.74) is 9.48. The molecule has 1 atom stereocenters. The normalized spacial score (nSPS) is 14.3. The van der Waals surface area contributed by atoms with Gasteiger partial charge in [-0.3, -0.25) is 0 Å². The van der Waals surface area contributed by atoms with Crippen LogP contribution in [-0.4, -0.2) is 13.3 Å². The molecule has 0 bridgehead atoms. The maximum atomic E-state index is 5.74. The lowest BCUT2D eigenvalue weighted by molar-refractivity contribution is 0.174. The van der Waals surface area contributed by atoms with Crippen LogP contribution >= 0.6 is 0 Å². The van der Waals surface area contributed by atoms with E-state index in [1.165, 1.54) is 11.1 Å². The monoisotopic (exact) mass is 311 g/mol. The summed E-state index contributed by atoms with van der Waals surface area (Å²) in [5.74, 6) is 2.96. The second-order valence-electron chi connectivity index (χ2n) is 6.55. The smallest absolute Gasteiger partial charge is 0.231 e. The lowest BCUT2D eigenvalue weighted by Gasteiger charge is -2.20. The Kier molecular flexibility index (Phi) is 4.87. The minimum absolute atomic E-state index is 0.315. The number of rotatable bonds is 6. The highest BCUT2D eigenvalue weighted by molar-refractivity contribution is 5.67. The van der Waals surface area contributed by atoms with Gasteiger partial charge in [-0.1, -0.05) is 44.2 Å². The molecule has 3 rings (SSSR count). The van der Waals surface area contributed by atoms with Crippen molar-refractivity contribution in [2.75, 3.05) is 13.3 Å². The molecule has 1 unspecified atom stereocenters. The standard InChI is InChI=1S/C20H25NO2/c1-14(2)17(9-10-21)11-15-3-5-16(6-4-15)18-7-8-19-20(12-18)23-13-22-19/h3-8,12,14,17H,9-11,13,21H2,1-2H3. The van der Waals surface area contributed by atoms with E-state index in [1.807, 2.05) is 12.1 Å². The first-order chi connectivity index (χ1) is 11.2. The van der Waals surface area contributed by atoms with Gasteiger partial charge < -0.3 is 15.2 Å². The Hall–Kier alpha value is -2.00. The van der Waals surface area contributed by atoms with E-state index in [2.05, 4.69) is 44.2 Å². The third-order valence-corrected chi connectivity index (χ3v) is 4.64. The van der Waals surface area contributed by atoms with Crippen LogP contribution in [0, 0.1) is 11.8 Å². The first kappa shape index (κ1) is 15.9. The van der Waals surface area contributed by atoms with Crippen LogP contribution in [0.3, 0.4) is 0 Å². The lowest BCUT2D eigenvalue weighted by atomic mass is 9.86. The average Bonchev–Trinajstić information content (AvgIpc) is 3.02. The van der Waals surface area contributed by atoms with E-state index in [4.69, 9.17) is 15.2 Å². The Balaban J connectivity index is 1.74. The van der Waals surface area contributed by atoms with E-state index in [-0.39, 0.29) is 0 Å². The van der Waals surface area contributed by atoms with Gasteiger partial charge in [0.2, 0.25) is 6.79 Å². The summed E-state index contributed by atoms with van der Waals surface area (Å²) in [5, 5.41) is 0. The van der Waals surface area contributed by atoms with Crippen molar-refractivity contribution in [1.29, 1.82) is 0 Å². The fraction of sp³-hybridized carbons (Fsp3) is 0.400. The van der Waals surface area contributed by atoms with E-state index in [0.29, 0.717) is 18.6 Å². The van der Waals surface area contributed by atoms with Gasteiger partial charge in [0.25, 0.3) is 0 Å². The van der Waals surface area contributed by atoms with E-state index < -0.39 is 0 Å². The van der Waals surface area contributed by atoms with Gasteiger partial charge in [0.1, 0.15) is 0 Å². The van der Waals surface area contributed by atoms with Crippen LogP contribution in [0.2, 0.25) is 0 Å². The molecule has 0 spiro atoms. The predicted molar refractivity (Wildman–Crippen MR) is 93.7 cm³/mol. The van der Waals surface area contributed by atoms with Crippen LogP contribution in [-0.2, 0) is 6.42 Å². The largest absolute Gasteiger partial charge is 0.454 e. The SMILES string of the molecule is CC(C)C(CCN)Cc1ccc(-c2ccc3c(c2)OCO3)cc1. The molecule has 3 heteroatoms. The summed E-state index contributed by atoms with van der Waals surface area (Å²) in [6.07, 6.45) is 2.18. The Bertz CT molecular complexity index is 649. The minimum atomic E-state index is 0.315. The summed E-state index contributed by atoms with van der Waals surface area (Å²) in [6.45, 7) is 5.64. The molecule has 2 N–H and O–H groups in total. The summed E-state index contributed by atoms with van der Waals surface area (Å²) >= 11 is 0. The van der Waals surface area contributed by atoms with E-state index >= 15 is 0 Å². The van der Waals surface area contributed by atoms with Gasteiger partial charge in [0, 0.05) is 0 Å². The van der Waals surface area contributed by atoms with Crippen LogP contribution in [0.25, 0.3) is 11.1 Å². The zero-order valence-corrected chi connectivity index (χ0v) is 13.9. The van der Waals surface area contributed by atoms with E-state index in [0.717, 1.165) is 36.4 Å². The van der Waals surface area contributed by atoms with Crippen molar-refractivity contribution in [2.45, 2.75) is 26.7 Å². The maximum absolute atomic E-state index is 5.74. The van der Waals surface area contributed by atoms with Crippen LogP contribution in [0.4, 0.5) is 0 Å². The van der Waals surface area contributed by atoms with Gasteiger partial charge in [-0.05, 0) is 60.0 Å². The van der Waals surface area contributed by atoms with Gasteiger partial charge in [0.05, 0.1) is 0 Å². The maximum Gasteiger partial charge on any atom is 0.231 e. The molecule has 1 aliphatic heterocycles. The van der Waals surface area contributed by atoms with Crippen molar-refractivity contribution < 1.29 is 9.47 Å². The second-order valence-corrected chi connectivity index (χ2v) is 6.55. The van der Waals surface area contributed by atoms with E-state index in [1.54, 1.807) is 0 Å². The second kappa shape index (κ2) is 7.05. The molecule has 122 valence electrons. The molecule has 0 saturated carbocycles. The van der Waals surface area contributed by atoms with Crippen molar-refractivity contribution in [3.05, 3.63) is 48.0 Å². The van der Waals surface area contributed by atoms with Gasteiger partial charge in [-0.2, -0.15) is 0 Å². The minimum Gasteiger partial charge on any atom is -0.454 e. The third-order valence-electron chi connectivity index (χ3n) is 4.64. The fourth-order valence-corrected chi connectivity index (χ4v) is 3.10. The highest BCUT2D eigenvalue weighted by Crippen LogP contribution is 2.36. The summed E-state index contributed by atoms with van der Waals surface area (Å²) in [7, 11) is 0. The van der Waals surface area contributed by atoms with Crippen molar-refractivity contribution in [3.8, 4) is 22.6 Å². The summed E-state index contributed by atoms with van der Waals surface area (Å²) in [6, 6.07) is 14.9. The first-order valence-corrected chi connectivity index (χ1v) is 8.36. The fourth-order valence-electron chi connectivity index (χ4n) is 3.10. The predicted octanol–water partition coefficient (Wildman–Crippen LogP) is 4.25. The van der Waals surface area contributed by atoms with Gasteiger partial charge >= 0.3 is 0 Å². The average molecular weight is 311 g/mol. The molecule has 0 radical (unpaired) electrons. The van der Waals surface area contributed by atoms with Crippen LogP contribution in [0.15, 0.2) is 42.5 Å². The molecule has 1 heterocycles. The molecule has 0 fully saturated rings. The molecular formula is C20H25NO2. The van der Waals surface area contributed by atoms with Crippen LogP contribution < -0.4 is 15.2 Å². The highest BCUT2D eigenvalue weighted by atomic mass is 16.7. The topological polar surface area (TPSA) is 44.5 Å². The number of nitrogens with two attached hydrogens (primary N) is 1. The number of benzene rings is 2. The molecule has 0 aliphatic carbocycles. The molecule has 2 aromatic rings.